The lowest BCUT2D eigenvalue weighted by Gasteiger charge is -2.07. The molecule has 2 rings (SSSR count). The molecule has 0 saturated heterocycles. The van der Waals surface area contributed by atoms with E-state index in [9.17, 15) is 0 Å². The van der Waals surface area contributed by atoms with Crippen molar-refractivity contribution in [2.75, 3.05) is 5.73 Å². The summed E-state index contributed by atoms with van der Waals surface area (Å²) in [7, 11) is 0. The van der Waals surface area contributed by atoms with E-state index in [4.69, 9.17) is 5.73 Å². The average Bonchev–Trinajstić information content (AvgIpc) is 2.67. The Balaban J connectivity index is 2.12. The van der Waals surface area contributed by atoms with Crippen LogP contribution in [-0.4, -0.2) is 0 Å². The maximum Gasteiger partial charge on any atom is 0.0316 e. The molecule has 1 aromatic carbocycles. The summed E-state index contributed by atoms with van der Waals surface area (Å²) in [5.74, 6) is 0. The third-order valence-electron chi connectivity index (χ3n) is 2.69. The second-order valence-corrected chi connectivity index (χ2v) is 4.23. The third-order valence-corrected chi connectivity index (χ3v) is 2.69. The highest BCUT2D eigenvalue weighted by atomic mass is 14.5. The molecule has 0 amide bonds. The van der Waals surface area contributed by atoms with Crippen LogP contribution in [0.25, 0.3) is 0 Å². The van der Waals surface area contributed by atoms with Crippen molar-refractivity contribution in [1.82, 2.24) is 0 Å². The summed E-state index contributed by atoms with van der Waals surface area (Å²) >= 11 is 0. The molecule has 64 valence electrons. The highest BCUT2D eigenvalue weighted by Crippen LogP contribution is 2.47. The predicted molar refractivity (Wildman–Crippen MR) is 51.9 cm³/mol. The van der Waals surface area contributed by atoms with Gasteiger partial charge in [-0.25, -0.2) is 0 Å². The van der Waals surface area contributed by atoms with Crippen molar-refractivity contribution in [2.24, 2.45) is 5.41 Å². The van der Waals surface area contributed by atoms with Crippen molar-refractivity contribution < 1.29 is 0 Å². The van der Waals surface area contributed by atoms with Crippen molar-refractivity contribution in [2.45, 2.75) is 26.2 Å². The molecule has 1 nitrogen and oxygen atoms in total. The molecule has 12 heavy (non-hydrogen) atoms. The normalized spacial score (nSPS) is 19.1. The van der Waals surface area contributed by atoms with Gasteiger partial charge in [-0.05, 0) is 42.4 Å². The highest BCUT2D eigenvalue weighted by molar-refractivity contribution is 5.41. The zero-order chi connectivity index (χ0) is 8.60. The number of rotatable bonds is 2. The van der Waals surface area contributed by atoms with Gasteiger partial charge in [0, 0.05) is 5.69 Å². The van der Waals surface area contributed by atoms with Gasteiger partial charge >= 0.3 is 0 Å². The van der Waals surface area contributed by atoms with E-state index in [0.717, 1.165) is 5.69 Å². The molecule has 0 unspecified atom stereocenters. The van der Waals surface area contributed by atoms with Crippen molar-refractivity contribution in [3.63, 3.8) is 0 Å². The second-order valence-electron chi connectivity index (χ2n) is 4.23. The lowest BCUT2D eigenvalue weighted by atomic mass is 9.98. The topological polar surface area (TPSA) is 26.0 Å². The molecule has 0 bridgehead atoms. The van der Waals surface area contributed by atoms with E-state index in [1.54, 1.807) is 0 Å². The summed E-state index contributed by atoms with van der Waals surface area (Å²) in [4.78, 5) is 0. The van der Waals surface area contributed by atoms with Crippen LogP contribution in [0.3, 0.4) is 0 Å². The van der Waals surface area contributed by atoms with Gasteiger partial charge in [-0.15, -0.1) is 0 Å². The molecule has 1 saturated carbocycles. The molecule has 1 aliphatic rings. The molecule has 1 aromatic rings. The zero-order valence-electron chi connectivity index (χ0n) is 7.51. The third kappa shape index (κ3) is 1.60. The Labute approximate surface area is 73.6 Å². The van der Waals surface area contributed by atoms with Crippen LogP contribution in [0, 0.1) is 5.41 Å². The fourth-order valence-corrected chi connectivity index (χ4v) is 1.59. The van der Waals surface area contributed by atoms with Gasteiger partial charge in [0.15, 0.2) is 0 Å². The van der Waals surface area contributed by atoms with E-state index in [2.05, 4.69) is 19.1 Å². The van der Waals surface area contributed by atoms with E-state index in [0.29, 0.717) is 5.41 Å². The Hall–Kier alpha value is -0.980. The van der Waals surface area contributed by atoms with Crippen LogP contribution < -0.4 is 5.73 Å². The minimum atomic E-state index is 0.591. The average molecular weight is 161 g/mol. The zero-order valence-corrected chi connectivity index (χ0v) is 7.51. The van der Waals surface area contributed by atoms with Gasteiger partial charge in [0.2, 0.25) is 0 Å². The number of benzene rings is 1. The van der Waals surface area contributed by atoms with Crippen molar-refractivity contribution in [3.05, 3.63) is 29.8 Å². The number of hydrogen-bond acceptors (Lipinski definition) is 1. The smallest absolute Gasteiger partial charge is 0.0316 e. The standard InChI is InChI=1S/C11H15N/c1-11(5-6-11)8-9-3-2-4-10(12)7-9/h2-4,7H,5-6,8,12H2,1H3. The van der Waals surface area contributed by atoms with Crippen LogP contribution in [0.5, 0.6) is 0 Å². The van der Waals surface area contributed by atoms with E-state index < -0.39 is 0 Å². The first-order chi connectivity index (χ1) is 5.68. The van der Waals surface area contributed by atoms with Gasteiger partial charge in [-0.2, -0.15) is 0 Å². The molecule has 0 aliphatic heterocycles. The lowest BCUT2D eigenvalue weighted by molar-refractivity contribution is 0.570. The highest BCUT2D eigenvalue weighted by Gasteiger charge is 2.36. The van der Waals surface area contributed by atoms with Crippen LogP contribution in [0.4, 0.5) is 5.69 Å². The molecule has 1 fully saturated rings. The molecule has 1 heteroatoms. The van der Waals surface area contributed by atoms with Gasteiger partial charge in [0.1, 0.15) is 0 Å². The van der Waals surface area contributed by atoms with Gasteiger partial charge in [0.25, 0.3) is 0 Å². The Morgan fingerprint density at radius 1 is 1.42 bits per heavy atom. The molecular weight excluding hydrogens is 146 g/mol. The fraction of sp³-hybridized carbons (Fsp3) is 0.455. The summed E-state index contributed by atoms with van der Waals surface area (Å²) in [6.07, 6.45) is 3.95. The monoisotopic (exact) mass is 161 g/mol. The second kappa shape index (κ2) is 2.51. The number of anilines is 1. The summed E-state index contributed by atoms with van der Waals surface area (Å²) in [6.45, 7) is 2.34. The summed E-state index contributed by atoms with van der Waals surface area (Å²) in [6, 6.07) is 8.23. The molecule has 0 radical (unpaired) electrons. The first-order valence-corrected chi connectivity index (χ1v) is 4.52. The lowest BCUT2D eigenvalue weighted by Crippen LogP contribution is -1.99. The molecule has 0 atom stereocenters. The Kier molecular flexibility index (Phi) is 1.60. The Bertz CT molecular complexity index is 287. The fourth-order valence-electron chi connectivity index (χ4n) is 1.59. The molecule has 2 N–H and O–H groups in total. The van der Waals surface area contributed by atoms with Crippen molar-refractivity contribution >= 4 is 5.69 Å². The van der Waals surface area contributed by atoms with Gasteiger partial charge in [-0.1, -0.05) is 19.1 Å². The maximum absolute atomic E-state index is 5.70. The van der Waals surface area contributed by atoms with E-state index in [1.807, 2.05) is 12.1 Å². The Morgan fingerprint density at radius 2 is 2.17 bits per heavy atom. The van der Waals surface area contributed by atoms with Crippen LogP contribution in [-0.2, 0) is 6.42 Å². The van der Waals surface area contributed by atoms with E-state index >= 15 is 0 Å². The molecule has 0 spiro atoms. The van der Waals surface area contributed by atoms with Crippen LogP contribution in [0.15, 0.2) is 24.3 Å². The molecule has 0 aromatic heterocycles. The van der Waals surface area contributed by atoms with Gasteiger partial charge in [-0.3, -0.25) is 0 Å². The summed E-state index contributed by atoms with van der Waals surface area (Å²) in [5, 5.41) is 0. The SMILES string of the molecule is CC1(Cc2cccc(N)c2)CC1. The van der Waals surface area contributed by atoms with Crippen LogP contribution in [0.2, 0.25) is 0 Å². The molecule has 1 aliphatic carbocycles. The minimum absolute atomic E-state index is 0.591. The van der Waals surface area contributed by atoms with Crippen molar-refractivity contribution in [3.8, 4) is 0 Å². The van der Waals surface area contributed by atoms with E-state index in [-0.39, 0.29) is 0 Å². The predicted octanol–water partition coefficient (Wildman–Crippen LogP) is 2.61. The van der Waals surface area contributed by atoms with Gasteiger partial charge in [0.05, 0.1) is 0 Å². The van der Waals surface area contributed by atoms with Crippen LogP contribution in [0.1, 0.15) is 25.3 Å². The summed E-state index contributed by atoms with van der Waals surface area (Å²) in [5.41, 5.74) is 8.56. The first-order valence-electron chi connectivity index (χ1n) is 4.52. The number of hydrogen-bond donors (Lipinski definition) is 1. The first kappa shape index (κ1) is 7.66. The quantitative estimate of drug-likeness (QED) is 0.663. The number of nitrogens with two attached hydrogens (primary N) is 1. The maximum atomic E-state index is 5.70. The largest absolute Gasteiger partial charge is 0.399 e. The molecular formula is C11H15N. The minimum Gasteiger partial charge on any atom is -0.399 e. The number of nitrogen functional groups attached to an aromatic ring is 1. The summed E-state index contributed by atoms with van der Waals surface area (Å²) < 4.78 is 0. The van der Waals surface area contributed by atoms with Crippen LogP contribution >= 0.6 is 0 Å². The van der Waals surface area contributed by atoms with E-state index in [1.165, 1.54) is 24.8 Å². The van der Waals surface area contributed by atoms with Gasteiger partial charge < -0.3 is 5.73 Å². The molecule has 0 heterocycles. The van der Waals surface area contributed by atoms with Crippen molar-refractivity contribution in [1.29, 1.82) is 0 Å². The Morgan fingerprint density at radius 3 is 2.75 bits per heavy atom.